The van der Waals surface area contributed by atoms with Crippen LogP contribution in [0.25, 0.3) is 0 Å². The summed E-state index contributed by atoms with van der Waals surface area (Å²) in [5, 5.41) is 0. The van der Waals surface area contributed by atoms with Crippen LogP contribution >= 0.6 is 0 Å². The minimum atomic E-state index is -0.231. The molecule has 0 saturated carbocycles. The highest BCUT2D eigenvalue weighted by molar-refractivity contribution is 5.76. The third kappa shape index (κ3) is 5.87. The van der Waals surface area contributed by atoms with Crippen molar-refractivity contribution < 1.29 is 14.3 Å². The van der Waals surface area contributed by atoms with Crippen LogP contribution in [-0.2, 0) is 20.7 Å². The summed E-state index contributed by atoms with van der Waals surface area (Å²) in [4.78, 5) is 24.6. The lowest BCUT2D eigenvalue weighted by atomic mass is 10.1. The van der Waals surface area contributed by atoms with Crippen LogP contribution in [0.2, 0.25) is 0 Å². The average molecular weight is 277 g/mol. The fourth-order valence-corrected chi connectivity index (χ4v) is 1.88. The highest BCUT2D eigenvalue weighted by Gasteiger charge is 2.09. The van der Waals surface area contributed by atoms with Gasteiger partial charge in [-0.2, -0.15) is 0 Å². The zero-order valence-corrected chi connectivity index (χ0v) is 12.5. The van der Waals surface area contributed by atoms with Crippen LogP contribution in [0.4, 0.5) is 0 Å². The number of benzene rings is 1. The van der Waals surface area contributed by atoms with Gasteiger partial charge in [0.1, 0.15) is 0 Å². The van der Waals surface area contributed by atoms with E-state index in [1.807, 2.05) is 6.92 Å². The van der Waals surface area contributed by atoms with Gasteiger partial charge in [0.2, 0.25) is 5.91 Å². The van der Waals surface area contributed by atoms with Crippen molar-refractivity contribution in [3.63, 3.8) is 0 Å². The summed E-state index contributed by atoms with van der Waals surface area (Å²) >= 11 is 0. The van der Waals surface area contributed by atoms with Crippen molar-refractivity contribution in [1.82, 2.24) is 4.90 Å². The van der Waals surface area contributed by atoms with E-state index in [0.717, 1.165) is 6.42 Å². The number of aryl methyl sites for hydroxylation is 2. The van der Waals surface area contributed by atoms with Gasteiger partial charge >= 0.3 is 5.97 Å². The SMILES string of the molecule is COC(=O)CCCN(C)C(=O)CCc1ccc(C)cc1. The van der Waals surface area contributed by atoms with E-state index in [9.17, 15) is 9.59 Å². The molecule has 110 valence electrons. The first-order chi connectivity index (χ1) is 9.52. The Morgan fingerprint density at radius 1 is 1.15 bits per heavy atom. The van der Waals surface area contributed by atoms with Gasteiger partial charge in [-0.05, 0) is 25.3 Å². The minimum absolute atomic E-state index is 0.107. The van der Waals surface area contributed by atoms with Crippen LogP contribution in [0.5, 0.6) is 0 Å². The van der Waals surface area contributed by atoms with Crippen molar-refractivity contribution in [2.45, 2.75) is 32.6 Å². The van der Waals surface area contributed by atoms with Crippen LogP contribution in [0, 0.1) is 6.92 Å². The molecule has 0 aromatic heterocycles. The highest BCUT2D eigenvalue weighted by Crippen LogP contribution is 2.07. The number of esters is 1. The lowest BCUT2D eigenvalue weighted by molar-refractivity contribution is -0.141. The van der Waals surface area contributed by atoms with E-state index >= 15 is 0 Å². The van der Waals surface area contributed by atoms with E-state index in [4.69, 9.17) is 0 Å². The van der Waals surface area contributed by atoms with Crippen LogP contribution < -0.4 is 0 Å². The lowest BCUT2D eigenvalue weighted by Gasteiger charge is -2.16. The predicted molar refractivity (Wildman–Crippen MR) is 78.4 cm³/mol. The number of hydrogen-bond acceptors (Lipinski definition) is 3. The third-order valence-corrected chi connectivity index (χ3v) is 3.28. The number of amides is 1. The molecule has 20 heavy (non-hydrogen) atoms. The molecule has 0 aliphatic rings. The maximum Gasteiger partial charge on any atom is 0.305 e. The quantitative estimate of drug-likeness (QED) is 0.719. The predicted octanol–water partition coefficient (Wildman–Crippen LogP) is 2.34. The van der Waals surface area contributed by atoms with Gasteiger partial charge in [0.05, 0.1) is 7.11 Å². The number of nitrogens with zero attached hydrogens (tertiary/aromatic N) is 1. The molecular formula is C16H23NO3. The molecule has 0 unspecified atom stereocenters. The second-order valence-corrected chi connectivity index (χ2v) is 4.98. The van der Waals surface area contributed by atoms with Crippen molar-refractivity contribution in [3.05, 3.63) is 35.4 Å². The molecule has 0 heterocycles. The molecule has 0 atom stereocenters. The van der Waals surface area contributed by atoms with E-state index in [2.05, 4.69) is 29.0 Å². The molecule has 0 radical (unpaired) electrons. The Hall–Kier alpha value is -1.84. The Morgan fingerprint density at radius 3 is 2.40 bits per heavy atom. The summed E-state index contributed by atoms with van der Waals surface area (Å²) in [6.07, 6.45) is 2.24. The van der Waals surface area contributed by atoms with Gasteiger partial charge < -0.3 is 9.64 Å². The maximum atomic E-state index is 11.9. The Balaban J connectivity index is 2.27. The number of hydrogen-bond donors (Lipinski definition) is 0. The Morgan fingerprint density at radius 2 is 1.80 bits per heavy atom. The molecule has 0 aliphatic heterocycles. The summed E-state index contributed by atoms with van der Waals surface area (Å²) in [6, 6.07) is 8.22. The average Bonchev–Trinajstić information content (AvgIpc) is 2.45. The summed E-state index contributed by atoms with van der Waals surface area (Å²) in [7, 11) is 3.15. The smallest absolute Gasteiger partial charge is 0.305 e. The van der Waals surface area contributed by atoms with Crippen molar-refractivity contribution >= 4 is 11.9 Å². The zero-order chi connectivity index (χ0) is 15.0. The Kier molecular flexibility index (Phi) is 6.77. The Labute approximate surface area is 120 Å². The fourth-order valence-electron chi connectivity index (χ4n) is 1.88. The van der Waals surface area contributed by atoms with Crippen molar-refractivity contribution in [1.29, 1.82) is 0 Å². The second kappa shape index (κ2) is 8.35. The molecule has 0 fully saturated rings. The van der Waals surface area contributed by atoms with E-state index in [0.29, 0.717) is 25.8 Å². The van der Waals surface area contributed by atoms with Crippen LogP contribution in [0.1, 0.15) is 30.4 Å². The summed E-state index contributed by atoms with van der Waals surface area (Å²) in [5.41, 5.74) is 2.40. The van der Waals surface area contributed by atoms with E-state index in [1.54, 1.807) is 11.9 Å². The molecule has 1 aromatic rings. The molecule has 4 heteroatoms. The van der Waals surface area contributed by atoms with E-state index in [-0.39, 0.29) is 11.9 Å². The number of carbonyl (C=O) groups is 2. The first kappa shape index (κ1) is 16.2. The van der Waals surface area contributed by atoms with Crippen molar-refractivity contribution in [3.8, 4) is 0 Å². The second-order valence-electron chi connectivity index (χ2n) is 4.98. The fraction of sp³-hybridized carbons (Fsp3) is 0.500. The van der Waals surface area contributed by atoms with E-state index in [1.165, 1.54) is 18.2 Å². The van der Waals surface area contributed by atoms with Crippen molar-refractivity contribution in [2.24, 2.45) is 0 Å². The van der Waals surface area contributed by atoms with Gasteiger partial charge in [-0.25, -0.2) is 0 Å². The van der Waals surface area contributed by atoms with Crippen LogP contribution in [-0.4, -0.2) is 37.5 Å². The van der Waals surface area contributed by atoms with Gasteiger partial charge in [0.25, 0.3) is 0 Å². The molecule has 0 N–H and O–H groups in total. The van der Waals surface area contributed by atoms with Crippen molar-refractivity contribution in [2.75, 3.05) is 20.7 Å². The molecule has 0 bridgehead atoms. The first-order valence-electron chi connectivity index (χ1n) is 6.89. The molecule has 1 amide bonds. The topological polar surface area (TPSA) is 46.6 Å². The van der Waals surface area contributed by atoms with Gasteiger partial charge in [-0.1, -0.05) is 29.8 Å². The summed E-state index contributed by atoms with van der Waals surface area (Å²) in [6.45, 7) is 2.63. The lowest BCUT2D eigenvalue weighted by Crippen LogP contribution is -2.28. The number of methoxy groups -OCH3 is 1. The largest absolute Gasteiger partial charge is 0.469 e. The molecule has 1 rings (SSSR count). The summed E-state index contributed by atoms with van der Waals surface area (Å²) < 4.78 is 4.57. The first-order valence-corrected chi connectivity index (χ1v) is 6.89. The van der Waals surface area contributed by atoms with Gasteiger partial charge in [-0.3, -0.25) is 9.59 Å². The molecule has 0 spiro atoms. The normalized spacial score (nSPS) is 10.2. The van der Waals surface area contributed by atoms with Gasteiger partial charge in [-0.15, -0.1) is 0 Å². The highest BCUT2D eigenvalue weighted by atomic mass is 16.5. The monoisotopic (exact) mass is 277 g/mol. The number of rotatable bonds is 7. The third-order valence-electron chi connectivity index (χ3n) is 3.28. The summed E-state index contributed by atoms with van der Waals surface area (Å²) in [5.74, 6) is -0.124. The zero-order valence-electron chi connectivity index (χ0n) is 12.5. The van der Waals surface area contributed by atoms with Gasteiger partial charge in [0.15, 0.2) is 0 Å². The molecule has 1 aromatic carbocycles. The molecule has 0 saturated heterocycles. The number of ether oxygens (including phenoxy) is 1. The molecular weight excluding hydrogens is 254 g/mol. The minimum Gasteiger partial charge on any atom is -0.469 e. The number of carbonyl (C=O) groups excluding carboxylic acids is 2. The standard InChI is InChI=1S/C16H23NO3/c1-13-6-8-14(9-7-13)10-11-15(18)17(2)12-4-5-16(19)20-3/h6-9H,4-5,10-12H2,1-3H3. The van der Waals surface area contributed by atoms with E-state index < -0.39 is 0 Å². The van der Waals surface area contributed by atoms with Crippen LogP contribution in [0.3, 0.4) is 0 Å². The Bertz CT molecular complexity index is 440. The maximum absolute atomic E-state index is 11.9. The van der Waals surface area contributed by atoms with Crippen LogP contribution in [0.15, 0.2) is 24.3 Å². The molecule has 4 nitrogen and oxygen atoms in total. The van der Waals surface area contributed by atoms with Gasteiger partial charge in [0, 0.05) is 26.4 Å². The molecule has 0 aliphatic carbocycles.